The Kier molecular flexibility index (Phi) is 7.44. The number of phenolic OH excluding ortho intramolecular Hbond substituents is 1. The zero-order valence-electron chi connectivity index (χ0n) is 42.6. The van der Waals surface area contributed by atoms with E-state index in [0.717, 1.165) is 61.2 Å². The van der Waals surface area contributed by atoms with Gasteiger partial charge in [-0.05, 0) is 122 Å². The maximum absolute atomic E-state index is 11.4. The molecule has 0 radical (unpaired) electrons. The Balaban J connectivity index is 1.21. The molecule has 4 heteroatoms. The third-order valence-electron chi connectivity index (χ3n) is 11.0. The van der Waals surface area contributed by atoms with Crippen molar-refractivity contribution in [3.8, 4) is 78.6 Å². The van der Waals surface area contributed by atoms with Gasteiger partial charge in [-0.25, -0.2) is 4.98 Å². The van der Waals surface area contributed by atoms with Crippen LogP contribution < -0.4 is 0 Å². The van der Waals surface area contributed by atoms with Crippen molar-refractivity contribution in [1.29, 1.82) is 0 Å². The molecule has 0 saturated heterocycles. The number of aromatic nitrogens is 3. The van der Waals surface area contributed by atoms with Gasteiger partial charge in [0.2, 0.25) is 0 Å². The van der Waals surface area contributed by atoms with Crippen molar-refractivity contribution < 1.29 is 17.4 Å². The highest BCUT2D eigenvalue weighted by Gasteiger charge is 2.24. The summed E-state index contributed by atoms with van der Waals surface area (Å²) in [7, 11) is 0. The number of pyridine rings is 1. The van der Waals surface area contributed by atoms with E-state index in [1.165, 1.54) is 12.1 Å². The molecule has 7 aromatic carbocycles. The Morgan fingerprint density at radius 1 is 0.500 bits per heavy atom. The molecule has 0 amide bonds. The maximum Gasteiger partial charge on any atom is 0.149 e. The third-order valence-corrected chi connectivity index (χ3v) is 11.0. The first-order chi connectivity index (χ1) is 32.7. The van der Waals surface area contributed by atoms with Crippen LogP contribution in [0.2, 0.25) is 0 Å². The summed E-state index contributed by atoms with van der Waals surface area (Å²) in [5.74, 6) is 0.684. The Morgan fingerprint density at radius 3 is 1.87 bits per heavy atom. The molecule has 4 nitrogen and oxygen atoms in total. The van der Waals surface area contributed by atoms with E-state index in [-0.39, 0.29) is 16.7 Å². The molecule has 0 unspecified atom stereocenters. The zero-order chi connectivity index (χ0) is 49.1. The van der Waals surface area contributed by atoms with E-state index in [0.29, 0.717) is 28.2 Å². The predicted molar refractivity (Wildman–Crippen MR) is 251 cm³/mol. The van der Waals surface area contributed by atoms with Crippen molar-refractivity contribution >= 4 is 11.0 Å². The minimum atomic E-state index is -3.37. The molecule has 9 aromatic rings. The van der Waals surface area contributed by atoms with Gasteiger partial charge >= 0.3 is 0 Å². The van der Waals surface area contributed by atoms with Crippen LogP contribution in [0, 0.1) is 0 Å². The molecule has 0 aliphatic carbocycles. The van der Waals surface area contributed by atoms with Crippen molar-refractivity contribution in [3.63, 3.8) is 0 Å². The van der Waals surface area contributed by atoms with Crippen LogP contribution in [0.4, 0.5) is 0 Å². The number of aromatic hydroxyl groups is 1. The first kappa shape index (κ1) is 29.2. The third kappa shape index (κ3) is 7.42. The number of hydrogen-bond donors (Lipinski definition) is 1. The van der Waals surface area contributed by atoms with Gasteiger partial charge in [-0.3, -0.25) is 9.55 Å². The van der Waals surface area contributed by atoms with Gasteiger partial charge in [-0.15, -0.1) is 0 Å². The second kappa shape index (κ2) is 15.3. The Morgan fingerprint density at radius 2 is 1.15 bits per heavy atom. The lowest BCUT2D eigenvalue weighted by atomic mass is 9.81. The lowest BCUT2D eigenvalue weighted by Gasteiger charge is -2.25. The minimum absolute atomic E-state index is 0.104. The fraction of sp³-hybridized carbons (Fsp3) is 0.143. The molecule has 0 bridgehead atoms. The molecule has 0 atom stereocenters. The highest BCUT2D eigenvalue weighted by atomic mass is 16.3. The van der Waals surface area contributed by atoms with E-state index < -0.39 is 26.0 Å². The Bertz CT molecular complexity index is 3300. The van der Waals surface area contributed by atoms with Gasteiger partial charge in [-0.1, -0.05) is 157 Å². The second-order valence-corrected chi connectivity index (χ2v) is 16.2. The Hall–Kier alpha value is -7.04. The largest absolute Gasteiger partial charge is 0.507 e. The molecule has 0 aliphatic rings. The molecule has 9 rings (SSSR count). The monoisotopic (exact) mass is 788 g/mol. The summed E-state index contributed by atoms with van der Waals surface area (Å²) in [6, 6.07) is 55.9. The summed E-state index contributed by atoms with van der Waals surface area (Å²) in [6.07, 6.45) is 1.67. The van der Waals surface area contributed by atoms with Crippen molar-refractivity contribution in [1.82, 2.24) is 14.5 Å². The maximum atomic E-state index is 11.4. The van der Waals surface area contributed by atoms with Gasteiger partial charge in [0.1, 0.15) is 11.6 Å². The van der Waals surface area contributed by atoms with E-state index in [1.54, 1.807) is 36.5 Å². The number of fused-ring (bicyclic) bond motifs is 1. The number of nitrogens with zero attached hydrogens (tertiary/aromatic N) is 3. The molecular weight excluding hydrogens is 731 g/mol. The van der Waals surface area contributed by atoms with Gasteiger partial charge in [0.15, 0.2) is 0 Å². The fourth-order valence-electron chi connectivity index (χ4n) is 8.01. The van der Waals surface area contributed by atoms with Crippen LogP contribution in [0.25, 0.3) is 83.9 Å². The molecule has 2 heterocycles. The van der Waals surface area contributed by atoms with Gasteiger partial charge in [0, 0.05) is 35.3 Å². The Labute approximate surface area is 366 Å². The number of phenols is 1. The number of benzene rings is 7. The summed E-state index contributed by atoms with van der Waals surface area (Å²) >= 11 is 0. The van der Waals surface area contributed by atoms with Gasteiger partial charge in [0.05, 0.1) is 22.3 Å². The highest BCUT2D eigenvalue weighted by Crippen LogP contribution is 2.42. The van der Waals surface area contributed by atoms with Crippen molar-refractivity contribution in [2.75, 3.05) is 0 Å². The number of imidazole rings is 1. The highest BCUT2D eigenvalue weighted by molar-refractivity contribution is 5.97. The van der Waals surface area contributed by atoms with Crippen LogP contribution >= 0.6 is 0 Å². The molecular formula is C56H49N3O. The molecule has 0 aliphatic heterocycles. The molecule has 0 saturated carbocycles. The van der Waals surface area contributed by atoms with Crippen LogP contribution in [-0.4, -0.2) is 19.6 Å². The van der Waals surface area contributed by atoms with Crippen LogP contribution in [0.3, 0.4) is 0 Å². The van der Waals surface area contributed by atoms with E-state index in [9.17, 15) is 5.11 Å². The van der Waals surface area contributed by atoms with Crippen LogP contribution in [0.5, 0.6) is 5.75 Å². The fourth-order valence-corrected chi connectivity index (χ4v) is 8.01. The summed E-state index contributed by atoms with van der Waals surface area (Å²) < 4.78 is 75.8. The first-order valence-electron chi connectivity index (χ1n) is 24.5. The average Bonchev–Trinajstić information content (AvgIpc) is 3.70. The van der Waals surface area contributed by atoms with Crippen LogP contribution in [-0.2, 0) is 10.8 Å². The van der Waals surface area contributed by atoms with Crippen LogP contribution in [0.1, 0.15) is 64.8 Å². The topological polar surface area (TPSA) is 50.9 Å². The number of rotatable bonds is 7. The lowest BCUT2D eigenvalue weighted by molar-refractivity contribution is 0.477. The van der Waals surface area contributed by atoms with E-state index >= 15 is 0 Å². The van der Waals surface area contributed by atoms with E-state index in [4.69, 9.17) is 22.3 Å². The van der Waals surface area contributed by atoms with Crippen molar-refractivity contribution in [2.24, 2.45) is 0 Å². The van der Waals surface area contributed by atoms with E-state index in [1.807, 2.05) is 84.9 Å². The zero-order valence-corrected chi connectivity index (χ0v) is 33.6. The van der Waals surface area contributed by atoms with Gasteiger partial charge in [-0.2, -0.15) is 0 Å². The summed E-state index contributed by atoms with van der Waals surface area (Å²) in [4.78, 5) is 10.2. The van der Waals surface area contributed by atoms with Gasteiger partial charge < -0.3 is 5.11 Å². The number of para-hydroxylation sites is 2. The smallest absolute Gasteiger partial charge is 0.149 e. The van der Waals surface area contributed by atoms with Gasteiger partial charge in [0.25, 0.3) is 0 Å². The SMILES string of the molecule is [2H]C([2H])([2H])C(c1ccc(-c2ccnc(-c3cc(-c4ccccc4)cc(-c4cccc5c4nc(-c4ccccc4O)n5-c4ccc(-c5ccccc5)c(C(C)(C)C)c4)c3)c2)cc1)(C([2H])([2H])[2H])C([2H])([2H])[2H]. The average molecular weight is 789 g/mol. The van der Waals surface area contributed by atoms with Crippen molar-refractivity contribution in [2.45, 2.75) is 52.2 Å². The molecule has 294 valence electrons. The van der Waals surface area contributed by atoms with Crippen LogP contribution in [0.15, 0.2) is 182 Å². The summed E-state index contributed by atoms with van der Waals surface area (Å²) in [5.41, 5.74) is 9.17. The molecule has 60 heavy (non-hydrogen) atoms. The minimum Gasteiger partial charge on any atom is -0.507 e. The molecule has 1 N–H and O–H groups in total. The predicted octanol–water partition coefficient (Wildman–Crippen LogP) is 14.7. The number of hydrogen-bond acceptors (Lipinski definition) is 3. The summed E-state index contributed by atoms with van der Waals surface area (Å²) in [5, 5.41) is 11.4. The second-order valence-electron chi connectivity index (χ2n) is 16.2. The normalized spacial score (nSPS) is 14.8. The standard InChI is InChI=1S/C56H49N3O/c1-55(2,3)44-26-24-38(25-27-44)40-30-31-57-50(35-40)43-33-41(37-16-9-7-10-17-37)32-42(34-43)47-21-15-22-51-53(47)58-54(48-20-13-14-23-52(48)60)59(51)45-28-29-46(39-18-11-8-12-19-39)49(36-45)56(4,5)6/h7-36,60H,1-6H3/i1D3,2D3,3D3. The molecule has 0 spiro atoms. The lowest BCUT2D eigenvalue weighted by Crippen LogP contribution is -2.14. The molecule has 2 aromatic heterocycles. The molecule has 0 fully saturated rings. The quantitative estimate of drug-likeness (QED) is 0.175. The summed E-state index contributed by atoms with van der Waals surface area (Å²) in [6.45, 7) is -3.47. The first-order valence-corrected chi connectivity index (χ1v) is 20.0. The van der Waals surface area contributed by atoms with Crippen molar-refractivity contribution in [3.05, 3.63) is 193 Å². The van der Waals surface area contributed by atoms with E-state index in [2.05, 4.69) is 73.9 Å².